The van der Waals surface area contributed by atoms with Crippen LogP contribution >= 0.6 is 11.3 Å². The van der Waals surface area contributed by atoms with Crippen LogP contribution in [-0.4, -0.2) is 14.5 Å². The highest BCUT2D eigenvalue weighted by Gasteiger charge is 2.25. The summed E-state index contributed by atoms with van der Waals surface area (Å²) in [6.45, 7) is 0. The Morgan fingerprint density at radius 3 is 1.96 bits per heavy atom. The van der Waals surface area contributed by atoms with Gasteiger partial charge in [0.15, 0.2) is 0 Å². The van der Waals surface area contributed by atoms with Crippen LogP contribution in [0, 0.1) is 0 Å². The third-order valence-electron chi connectivity index (χ3n) is 10.8. The van der Waals surface area contributed by atoms with Gasteiger partial charge in [-0.3, -0.25) is 4.57 Å². The standard InChI is InChI=1S/C48H27N3OS/c1-2-13-28(14-3-1)43-47-44(36-20-9-11-24-41(36)53-47)50-48(49-43)51-45-30(29-25-26-40-38(27-29)33-17-8-10-23-39(33)52-40)21-12-22-37(45)42-34-18-6-4-15-31(34)32-16-5-7-19-35(32)46(42)51/h1-27H. The van der Waals surface area contributed by atoms with Crippen molar-refractivity contribution >= 4 is 96.9 Å². The molecule has 0 aliphatic heterocycles. The summed E-state index contributed by atoms with van der Waals surface area (Å²) < 4.78 is 10.9. The number of nitrogens with zero attached hydrogens (tertiary/aromatic N) is 3. The number of fused-ring (bicyclic) bond motifs is 14. The predicted molar refractivity (Wildman–Crippen MR) is 222 cm³/mol. The van der Waals surface area contributed by atoms with E-state index in [1.165, 1.54) is 31.6 Å². The number of furan rings is 1. The summed E-state index contributed by atoms with van der Waals surface area (Å²) in [4.78, 5) is 11.1. The number of benzene rings is 8. The van der Waals surface area contributed by atoms with Crippen molar-refractivity contribution in [2.24, 2.45) is 0 Å². The Morgan fingerprint density at radius 1 is 0.453 bits per heavy atom. The molecule has 0 aliphatic rings. The number of hydrogen-bond donors (Lipinski definition) is 0. The highest BCUT2D eigenvalue weighted by Crippen LogP contribution is 2.46. The van der Waals surface area contributed by atoms with Gasteiger partial charge in [0.25, 0.3) is 0 Å². The molecule has 0 amide bonds. The number of hydrogen-bond acceptors (Lipinski definition) is 4. The van der Waals surface area contributed by atoms with Crippen molar-refractivity contribution in [1.29, 1.82) is 0 Å². The zero-order valence-corrected chi connectivity index (χ0v) is 29.1. The van der Waals surface area contributed by atoms with Gasteiger partial charge in [0, 0.05) is 48.1 Å². The van der Waals surface area contributed by atoms with E-state index in [1.54, 1.807) is 11.3 Å². The lowest BCUT2D eigenvalue weighted by atomic mass is 9.95. The van der Waals surface area contributed by atoms with Crippen molar-refractivity contribution in [2.45, 2.75) is 0 Å². The van der Waals surface area contributed by atoms with E-state index >= 15 is 0 Å². The molecule has 0 aliphatic carbocycles. The van der Waals surface area contributed by atoms with E-state index in [1.807, 2.05) is 12.1 Å². The van der Waals surface area contributed by atoms with Gasteiger partial charge in [-0.25, -0.2) is 9.97 Å². The summed E-state index contributed by atoms with van der Waals surface area (Å²) in [5.41, 5.74) is 9.16. The maximum Gasteiger partial charge on any atom is 0.235 e. The van der Waals surface area contributed by atoms with Crippen LogP contribution in [-0.2, 0) is 0 Å². The fourth-order valence-corrected chi connectivity index (χ4v) is 9.68. The van der Waals surface area contributed by atoms with Gasteiger partial charge >= 0.3 is 0 Å². The van der Waals surface area contributed by atoms with Crippen LogP contribution in [0.2, 0.25) is 0 Å². The summed E-state index contributed by atoms with van der Waals surface area (Å²) in [6.07, 6.45) is 0. The summed E-state index contributed by atoms with van der Waals surface area (Å²) in [6, 6.07) is 58.2. The van der Waals surface area contributed by atoms with E-state index in [-0.39, 0.29) is 0 Å². The van der Waals surface area contributed by atoms with Crippen LogP contribution in [0.1, 0.15) is 0 Å². The molecule has 8 aromatic carbocycles. The SMILES string of the molecule is c1ccc(-c2nc(-n3c4c(-c5ccc6oc7ccccc7c6c5)cccc4c4c5ccccc5c5ccccc5c43)nc3c2sc2ccccc23)cc1. The van der Waals surface area contributed by atoms with Crippen LogP contribution in [0.25, 0.3) is 114 Å². The molecule has 0 atom stereocenters. The Labute approximate surface area is 306 Å². The van der Waals surface area contributed by atoms with Crippen molar-refractivity contribution in [1.82, 2.24) is 14.5 Å². The quantitative estimate of drug-likeness (QED) is 0.173. The van der Waals surface area contributed by atoms with Gasteiger partial charge < -0.3 is 4.42 Å². The lowest BCUT2D eigenvalue weighted by Gasteiger charge is -2.14. The first-order valence-electron chi connectivity index (χ1n) is 17.8. The molecule has 4 heterocycles. The van der Waals surface area contributed by atoms with E-state index in [2.05, 4.69) is 156 Å². The van der Waals surface area contributed by atoms with Gasteiger partial charge in [-0.05, 0) is 46.0 Å². The van der Waals surface area contributed by atoms with Gasteiger partial charge in [-0.15, -0.1) is 11.3 Å². The molecule has 53 heavy (non-hydrogen) atoms. The first-order valence-corrected chi connectivity index (χ1v) is 18.7. The van der Waals surface area contributed by atoms with Crippen LogP contribution < -0.4 is 0 Å². The molecular weight excluding hydrogens is 667 g/mol. The number of aromatic nitrogens is 3. The minimum atomic E-state index is 0.655. The third-order valence-corrected chi connectivity index (χ3v) is 12.0. The van der Waals surface area contributed by atoms with E-state index in [9.17, 15) is 0 Å². The fraction of sp³-hybridized carbons (Fsp3) is 0. The Morgan fingerprint density at radius 2 is 1.11 bits per heavy atom. The number of rotatable bonds is 3. The Bertz CT molecular complexity index is 3460. The summed E-state index contributed by atoms with van der Waals surface area (Å²) in [5, 5.41) is 10.5. The average molecular weight is 694 g/mol. The molecule has 0 N–H and O–H groups in total. The molecule has 12 rings (SSSR count). The Hall–Kier alpha value is -6.82. The molecule has 246 valence electrons. The molecule has 4 aromatic heterocycles. The number of thiophene rings is 1. The molecule has 0 unspecified atom stereocenters. The summed E-state index contributed by atoms with van der Waals surface area (Å²) in [5.74, 6) is 0.655. The maximum atomic E-state index is 6.27. The molecule has 0 spiro atoms. The largest absolute Gasteiger partial charge is 0.456 e. The minimum Gasteiger partial charge on any atom is -0.456 e. The predicted octanol–water partition coefficient (Wildman–Crippen LogP) is 13.5. The second kappa shape index (κ2) is 10.8. The first-order chi connectivity index (χ1) is 26.3. The van der Waals surface area contributed by atoms with Gasteiger partial charge in [0.1, 0.15) is 11.2 Å². The van der Waals surface area contributed by atoms with E-state index in [0.717, 1.165) is 76.3 Å². The van der Waals surface area contributed by atoms with E-state index in [4.69, 9.17) is 14.4 Å². The molecule has 0 saturated carbocycles. The van der Waals surface area contributed by atoms with Gasteiger partial charge in [-0.2, -0.15) is 0 Å². The monoisotopic (exact) mass is 693 g/mol. The summed E-state index contributed by atoms with van der Waals surface area (Å²) in [7, 11) is 0. The minimum absolute atomic E-state index is 0.655. The van der Waals surface area contributed by atoms with Crippen LogP contribution in [0.3, 0.4) is 0 Å². The van der Waals surface area contributed by atoms with Gasteiger partial charge in [0.05, 0.1) is 26.9 Å². The van der Waals surface area contributed by atoms with Crippen LogP contribution in [0.15, 0.2) is 168 Å². The highest BCUT2D eigenvalue weighted by atomic mass is 32.1. The van der Waals surface area contributed by atoms with Crippen LogP contribution in [0.4, 0.5) is 0 Å². The fourth-order valence-electron chi connectivity index (χ4n) is 8.52. The normalized spacial score (nSPS) is 12.2. The molecule has 5 heteroatoms. The molecule has 4 nitrogen and oxygen atoms in total. The van der Waals surface area contributed by atoms with E-state index < -0.39 is 0 Å². The highest BCUT2D eigenvalue weighted by molar-refractivity contribution is 7.26. The molecule has 12 aromatic rings. The van der Waals surface area contributed by atoms with Crippen molar-refractivity contribution in [3.8, 4) is 28.3 Å². The van der Waals surface area contributed by atoms with Crippen molar-refractivity contribution in [3.05, 3.63) is 164 Å². The lowest BCUT2D eigenvalue weighted by Crippen LogP contribution is -2.04. The molecule has 0 radical (unpaired) electrons. The molecule has 0 bridgehead atoms. The van der Waals surface area contributed by atoms with Gasteiger partial charge in [0.2, 0.25) is 5.95 Å². The lowest BCUT2D eigenvalue weighted by molar-refractivity contribution is 0.669. The second-order valence-electron chi connectivity index (χ2n) is 13.7. The zero-order chi connectivity index (χ0) is 34.6. The molecule has 0 fully saturated rings. The van der Waals surface area contributed by atoms with Gasteiger partial charge in [-0.1, -0.05) is 140 Å². The average Bonchev–Trinajstić information content (AvgIpc) is 3.91. The second-order valence-corrected chi connectivity index (χ2v) is 14.7. The summed E-state index contributed by atoms with van der Waals surface area (Å²) >= 11 is 1.76. The number of para-hydroxylation sites is 2. The Balaban J connectivity index is 1.30. The third kappa shape index (κ3) is 4.05. The molecule has 0 saturated heterocycles. The van der Waals surface area contributed by atoms with Crippen LogP contribution in [0.5, 0.6) is 0 Å². The van der Waals surface area contributed by atoms with Crippen molar-refractivity contribution in [2.75, 3.05) is 0 Å². The Kier molecular flexibility index (Phi) is 5.90. The van der Waals surface area contributed by atoms with Crippen molar-refractivity contribution in [3.63, 3.8) is 0 Å². The smallest absolute Gasteiger partial charge is 0.235 e. The first kappa shape index (κ1) is 28.8. The zero-order valence-electron chi connectivity index (χ0n) is 28.2. The van der Waals surface area contributed by atoms with Crippen molar-refractivity contribution < 1.29 is 4.42 Å². The van der Waals surface area contributed by atoms with E-state index in [0.29, 0.717) is 5.95 Å². The molecular formula is C48H27N3OS. The topological polar surface area (TPSA) is 43.9 Å². The maximum absolute atomic E-state index is 6.27.